The zero-order valence-electron chi connectivity index (χ0n) is 12.8. The molecular weight excluding hydrogens is 236 g/mol. The lowest BCUT2D eigenvalue weighted by molar-refractivity contribution is 0.100. The molecule has 2 aliphatic rings. The van der Waals surface area contributed by atoms with Crippen molar-refractivity contribution >= 4 is 0 Å². The molecule has 3 nitrogen and oxygen atoms in total. The van der Waals surface area contributed by atoms with Gasteiger partial charge in [0.25, 0.3) is 0 Å². The van der Waals surface area contributed by atoms with Crippen LogP contribution in [0.1, 0.15) is 58.8 Å². The highest BCUT2D eigenvalue weighted by molar-refractivity contribution is 4.95. The Morgan fingerprint density at radius 2 is 1.84 bits per heavy atom. The number of nitrogens with two attached hydrogens (primary N) is 1. The Balaban J connectivity index is 1.93. The molecule has 0 spiro atoms. The number of hydrogen-bond donors (Lipinski definition) is 2. The zero-order chi connectivity index (χ0) is 13.9. The minimum absolute atomic E-state index is 0.280. The van der Waals surface area contributed by atoms with E-state index in [1.54, 1.807) is 0 Å². The van der Waals surface area contributed by atoms with Crippen LogP contribution in [0.5, 0.6) is 0 Å². The number of nitrogens with zero attached hydrogens (tertiary/aromatic N) is 1. The maximum absolute atomic E-state index is 9.34. The largest absolute Gasteiger partial charge is 0.395 e. The van der Waals surface area contributed by atoms with Crippen molar-refractivity contribution in [1.82, 2.24) is 4.90 Å². The Hall–Kier alpha value is -0.120. The van der Waals surface area contributed by atoms with E-state index in [1.807, 2.05) is 0 Å². The average Bonchev–Trinajstić information content (AvgIpc) is 2.66. The summed E-state index contributed by atoms with van der Waals surface area (Å²) in [6.45, 7) is 6.80. The van der Waals surface area contributed by atoms with Gasteiger partial charge in [0.2, 0.25) is 0 Å². The Kier molecular flexibility index (Phi) is 5.27. The number of aliphatic hydroxyl groups is 1. The van der Waals surface area contributed by atoms with Gasteiger partial charge < -0.3 is 10.8 Å². The van der Waals surface area contributed by atoms with Gasteiger partial charge in [-0.05, 0) is 37.0 Å². The molecule has 2 rings (SSSR count). The van der Waals surface area contributed by atoms with Gasteiger partial charge in [-0.2, -0.15) is 0 Å². The quantitative estimate of drug-likeness (QED) is 0.805. The van der Waals surface area contributed by atoms with Crippen LogP contribution in [0.3, 0.4) is 0 Å². The lowest BCUT2D eigenvalue weighted by atomic mass is 9.85. The van der Waals surface area contributed by atoms with E-state index in [9.17, 15) is 5.11 Å². The van der Waals surface area contributed by atoms with Crippen LogP contribution in [0.15, 0.2) is 0 Å². The molecule has 0 aliphatic heterocycles. The molecule has 3 heteroatoms. The van der Waals surface area contributed by atoms with Gasteiger partial charge in [0.1, 0.15) is 0 Å². The maximum Gasteiger partial charge on any atom is 0.0558 e. The van der Waals surface area contributed by atoms with Gasteiger partial charge in [0.05, 0.1) is 6.61 Å². The first-order valence-electron chi connectivity index (χ1n) is 8.15. The summed E-state index contributed by atoms with van der Waals surface area (Å²) in [4.78, 5) is 2.53. The summed E-state index contributed by atoms with van der Waals surface area (Å²) in [5.74, 6) is 0.614. The summed E-state index contributed by atoms with van der Waals surface area (Å²) in [5, 5.41) is 9.34. The minimum atomic E-state index is 0.280. The highest BCUT2D eigenvalue weighted by atomic mass is 16.3. The molecule has 2 unspecified atom stereocenters. The Labute approximate surface area is 118 Å². The van der Waals surface area contributed by atoms with Crippen molar-refractivity contribution < 1.29 is 5.11 Å². The fraction of sp³-hybridized carbons (Fsp3) is 1.00. The second-order valence-electron chi connectivity index (χ2n) is 7.32. The Morgan fingerprint density at radius 3 is 2.37 bits per heavy atom. The maximum atomic E-state index is 9.34. The second kappa shape index (κ2) is 6.55. The first-order chi connectivity index (χ1) is 9.04. The Bertz CT molecular complexity index is 274. The van der Waals surface area contributed by atoms with Gasteiger partial charge in [-0.3, -0.25) is 4.90 Å². The molecule has 2 atom stereocenters. The highest BCUT2D eigenvalue weighted by Crippen LogP contribution is 2.40. The normalized spacial score (nSPS) is 32.1. The molecule has 112 valence electrons. The van der Waals surface area contributed by atoms with Crippen molar-refractivity contribution in [2.24, 2.45) is 17.1 Å². The van der Waals surface area contributed by atoms with Crippen LogP contribution in [-0.2, 0) is 0 Å². The van der Waals surface area contributed by atoms with Gasteiger partial charge >= 0.3 is 0 Å². The van der Waals surface area contributed by atoms with E-state index in [-0.39, 0.29) is 6.61 Å². The van der Waals surface area contributed by atoms with Gasteiger partial charge in [-0.1, -0.05) is 33.1 Å². The third-order valence-corrected chi connectivity index (χ3v) is 5.52. The van der Waals surface area contributed by atoms with Crippen molar-refractivity contribution in [3.8, 4) is 0 Å². The van der Waals surface area contributed by atoms with Gasteiger partial charge in [0, 0.05) is 25.2 Å². The van der Waals surface area contributed by atoms with E-state index in [1.165, 1.54) is 44.9 Å². The standard InChI is InChI=1S/C16H32N2O/c1-16(2)9-8-13(15(16)17)12-18(10-11-19)14-6-4-3-5-7-14/h13-15,19H,3-12,17H2,1-2H3. The summed E-state index contributed by atoms with van der Waals surface area (Å²) in [6.07, 6.45) is 9.22. The lowest BCUT2D eigenvalue weighted by Crippen LogP contribution is -2.46. The van der Waals surface area contributed by atoms with Crippen LogP contribution in [0.4, 0.5) is 0 Å². The third-order valence-electron chi connectivity index (χ3n) is 5.52. The molecule has 0 aromatic carbocycles. The van der Waals surface area contributed by atoms with Crippen molar-refractivity contribution in [2.45, 2.75) is 70.9 Å². The average molecular weight is 268 g/mol. The predicted molar refractivity (Wildman–Crippen MR) is 80.0 cm³/mol. The molecule has 2 saturated carbocycles. The molecule has 19 heavy (non-hydrogen) atoms. The fourth-order valence-electron chi connectivity index (χ4n) is 4.05. The number of hydrogen-bond acceptors (Lipinski definition) is 3. The molecule has 3 N–H and O–H groups in total. The highest BCUT2D eigenvalue weighted by Gasteiger charge is 2.40. The molecule has 2 aliphatic carbocycles. The summed E-state index contributed by atoms with van der Waals surface area (Å²) < 4.78 is 0. The number of rotatable bonds is 5. The monoisotopic (exact) mass is 268 g/mol. The van der Waals surface area contributed by atoms with Crippen LogP contribution in [0.25, 0.3) is 0 Å². The van der Waals surface area contributed by atoms with E-state index in [4.69, 9.17) is 5.73 Å². The van der Waals surface area contributed by atoms with E-state index >= 15 is 0 Å². The molecule has 0 bridgehead atoms. The first-order valence-corrected chi connectivity index (χ1v) is 8.15. The van der Waals surface area contributed by atoms with Gasteiger partial charge in [-0.25, -0.2) is 0 Å². The Morgan fingerprint density at radius 1 is 1.16 bits per heavy atom. The SMILES string of the molecule is CC1(C)CCC(CN(CCO)C2CCCCC2)C1N. The summed E-state index contributed by atoms with van der Waals surface area (Å²) in [6, 6.07) is 1.01. The zero-order valence-corrected chi connectivity index (χ0v) is 12.8. The summed E-state index contributed by atoms with van der Waals surface area (Å²) >= 11 is 0. The minimum Gasteiger partial charge on any atom is -0.395 e. The molecule has 0 aromatic heterocycles. The van der Waals surface area contributed by atoms with Crippen LogP contribution < -0.4 is 5.73 Å². The molecule has 0 aromatic rings. The van der Waals surface area contributed by atoms with E-state index in [0.29, 0.717) is 23.4 Å². The smallest absolute Gasteiger partial charge is 0.0558 e. The van der Waals surface area contributed by atoms with Crippen LogP contribution in [-0.4, -0.2) is 41.8 Å². The molecule has 0 heterocycles. The topological polar surface area (TPSA) is 49.5 Å². The summed E-state index contributed by atoms with van der Waals surface area (Å²) in [5.41, 5.74) is 6.74. The van der Waals surface area contributed by atoms with Gasteiger partial charge in [0.15, 0.2) is 0 Å². The molecule has 0 saturated heterocycles. The van der Waals surface area contributed by atoms with Crippen molar-refractivity contribution in [2.75, 3.05) is 19.7 Å². The summed E-state index contributed by atoms with van der Waals surface area (Å²) in [7, 11) is 0. The van der Waals surface area contributed by atoms with E-state index in [2.05, 4.69) is 18.7 Å². The third kappa shape index (κ3) is 3.71. The van der Waals surface area contributed by atoms with Crippen molar-refractivity contribution in [3.05, 3.63) is 0 Å². The lowest BCUT2D eigenvalue weighted by Gasteiger charge is -2.37. The predicted octanol–water partition coefficient (Wildman–Crippen LogP) is 2.38. The fourth-order valence-corrected chi connectivity index (χ4v) is 4.05. The van der Waals surface area contributed by atoms with Crippen molar-refractivity contribution in [1.29, 1.82) is 0 Å². The van der Waals surface area contributed by atoms with E-state index < -0.39 is 0 Å². The van der Waals surface area contributed by atoms with Crippen LogP contribution in [0, 0.1) is 11.3 Å². The van der Waals surface area contributed by atoms with Crippen molar-refractivity contribution in [3.63, 3.8) is 0 Å². The molecule has 0 amide bonds. The number of aliphatic hydroxyl groups excluding tert-OH is 1. The molecule has 0 radical (unpaired) electrons. The van der Waals surface area contributed by atoms with Gasteiger partial charge in [-0.15, -0.1) is 0 Å². The second-order valence-corrected chi connectivity index (χ2v) is 7.32. The van der Waals surface area contributed by atoms with Crippen LogP contribution >= 0.6 is 0 Å². The molecular formula is C16H32N2O. The van der Waals surface area contributed by atoms with Crippen LogP contribution in [0.2, 0.25) is 0 Å². The van der Waals surface area contributed by atoms with E-state index in [0.717, 1.165) is 13.1 Å². The molecule has 2 fully saturated rings. The first kappa shape index (κ1) is 15.3.